The molecule has 0 radical (unpaired) electrons. The molecular formula is C17H23N3O3S. The highest BCUT2D eigenvalue weighted by Gasteiger charge is 2.31. The molecule has 24 heavy (non-hydrogen) atoms. The average molecular weight is 349 g/mol. The van der Waals surface area contributed by atoms with E-state index in [9.17, 15) is 8.42 Å². The molecular weight excluding hydrogens is 326 g/mol. The summed E-state index contributed by atoms with van der Waals surface area (Å²) in [6.07, 6.45) is 1.43. The molecule has 0 amide bonds. The third kappa shape index (κ3) is 3.84. The SMILES string of the molecule is CC(C)c1nnc(C2CCN(S(=O)(=O)Cc3ccccc3)CC2)o1. The summed E-state index contributed by atoms with van der Waals surface area (Å²) in [5, 5.41) is 8.20. The van der Waals surface area contributed by atoms with Crippen LogP contribution in [0.3, 0.4) is 0 Å². The summed E-state index contributed by atoms with van der Waals surface area (Å²) in [5.74, 6) is 1.69. The van der Waals surface area contributed by atoms with E-state index < -0.39 is 10.0 Å². The van der Waals surface area contributed by atoms with Gasteiger partial charge in [-0.3, -0.25) is 0 Å². The Balaban J connectivity index is 1.61. The Kier molecular flexibility index (Phi) is 5.01. The zero-order valence-corrected chi connectivity index (χ0v) is 14.9. The second kappa shape index (κ2) is 7.03. The number of rotatable bonds is 5. The van der Waals surface area contributed by atoms with Crippen molar-refractivity contribution in [3.8, 4) is 0 Å². The van der Waals surface area contributed by atoms with Crippen molar-refractivity contribution in [1.29, 1.82) is 0 Å². The van der Waals surface area contributed by atoms with E-state index in [0.717, 1.165) is 5.56 Å². The summed E-state index contributed by atoms with van der Waals surface area (Å²) < 4.78 is 32.4. The Bertz CT molecular complexity index is 763. The molecule has 1 fully saturated rings. The molecule has 0 saturated carbocycles. The zero-order chi connectivity index (χ0) is 17.2. The van der Waals surface area contributed by atoms with Crippen molar-refractivity contribution >= 4 is 10.0 Å². The Labute approximate surface area is 142 Å². The number of aromatic nitrogens is 2. The maximum atomic E-state index is 12.6. The third-order valence-corrected chi connectivity index (χ3v) is 6.19. The minimum atomic E-state index is -3.28. The first-order chi connectivity index (χ1) is 11.5. The van der Waals surface area contributed by atoms with Crippen LogP contribution in [0.5, 0.6) is 0 Å². The summed E-state index contributed by atoms with van der Waals surface area (Å²) >= 11 is 0. The van der Waals surface area contributed by atoms with Crippen molar-refractivity contribution in [2.45, 2.75) is 44.3 Å². The largest absolute Gasteiger partial charge is 0.425 e. The van der Waals surface area contributed by atoms with Crippen LogP contribution in [0.4, 0.5) is 0 Å². The monoisotopic (exact) mass is 349 g/mol. The van der Waals surface area contributed by atoms with Crippen LogP contribution in [-0.2, 0) is 15.8 Å². The Hall–Kier alpha value is -1.73. The molecule has 0 N–H and O–H groups in total. The van der Waals surface area contributed by atoms with Crippen molar-refractivity contribution < 1.29 is 12.8 Å². The van der Waals surface area contributed by atoms with Crippen LogP contribution in [0.1, 0.15) is 55.9 Å². The molecule has 0 spiro atoms. The molecule has 2 aromatic rings. The fraction of sp³-hybridized carbons (Fsp3) is 0.529. The van der Waals surface area contributed by atoms with E-state index in [-0.39, 0.29) is 17.6 Å². The average Bonchev–Trinajstić information content (AvgIpc) is 3.06. The zero-order valence-electron chi connectivity index (χ0n) is 14.1. The first-order valence-electron chi connectivity index (χ1n) is 8.31. The van der Waals surface area contributed by atoms with Gasteiger partial charge in [-0.2, -0.15) is 0 Å². The molecule has 0 bridgehead atoms. The number of nitrogens with zero attached hydrogens (tertiary/aromatic N) is 3. The number of benzene rings is 1. The topological polar surface area (TPSA) is 76.3 Å². The normalized spacial score (nSPS) is 17.5. The molecule has 130 valence electrons. The molecule has 2 heterocycles. The van der Waals surface area contributed by atoms with Gasteiger partial charge in [-0.25, -0.2) is 12.7 Å². The molecule has 3 rings (SSSR count). The summed E-state index contributed by atoms with van der Waals surface area (Å²) in [6.45, 7) is 5.02. The minimum absolute atomic E-state index is 0.0521. The predicted molar refractivity (Wildman–Crippen MR) is 91.0 cm³/mol. The summed E-state index contributed by atoms with van der Waals surface area (Å²) in [6, 6.07) is 9.29. The fourth-order valence-corrected chi connectivity index (χ4v) is 4.47. The standard InChI is InChI=1S/C17H23N3O3S/c1-13(2)16-18-19-17(23-16)15-8-10-20(11-9-15)24(21,22)12-14-6-4-3-5-7-14/h3-7,13,15H,8-12H2,1-2H3. The molecule has 0 unspecified atom stereocenters. The summed E-state index contributed by atoms with van der Waals surface area (Å²) in [7, 11) is -3.28. The van der Waals surface area contributed by atoms with Gasteiger partial charge >= 0.3 is 0 Å². The van der Waals surface area contributed by atoms with Crippen LogP contribution in [0, 0.1) is 0 Å². The fourth-order valence-electron chi connectivity index (χ4n) is 2.90. The molecule has 7 heteroatoms. The van der Waals surface area contributed by atoms with Gasteiger partial charge in [0, 0.05) is 24.9 Å². The second-order valence-electron chi connectivity index (χ2n) is 6.55. The molecule has 1 aliphatic heterocycles. The van der Waals surface area contributed by atoms with Crippen LogP contribution in [0.25, 0.3) is 0 Å². The van der Waals surface area contributed by atoms with E-state index in [2.05, 4.69) is 10.2 Å². The van der Waals surface area contributed by atoms with Crippen molar-refractivity contribution in [3.05, 3.63) is 47.7 Å². The van der Waals surface area contributed by atoms with Crippen LogP contribution >= 0.6 is 0 Å². The molecule has 6 nitrogen and oxygen atoms in total. The molecule has 1 aromatic heterocycles. The molecule has 1 saturated heterocycles. The minimum Gasteiger partial charge on any atom is -0.425 e. The number of piperidine rings is 1. The number of hydrogen-bond acceptors (Lipinski definition) is 5. The summed E-state index contributed by atoms with van der Waals surface area (Å²) in [5.41, 5.74) is 0.818. The van der Waals surface area contributed by atoms with Crippen molar-refractivity contribution in [2.75, 3.05) is 13.1 Å². The Morgan fingerprint density at radius 2 is 1.83 bits per heavy atom. The van der Waals surface area contributed by atoms with E-state index in [1.165, 1.54) is 0 Å². The second-order valence-corrected chi connectivity index (χ2v) is 8.52. The van der Waals surface area contributed by atoms with Gasteiger partial charge in [0.05, 0.1) is 5.75 Å². The number of hydrogen-bond donors (Lipinski definition) is 0. The first kappa shape index (κ1) is 17.1. The van der Waals surface area contributed by atoms with Crippen LogP contribution in [0.2, 0.25) is 0 Å². The maximum Gasteiger partial charge on any atom is 0.219 e. The van der Waals surface area contributed by atoms with Crippen LogP contribution in [0.15, 0.2) is 34.7 Å². The van der Waals surface area contributed by atoms with E-state index >= 15 is 0 Å². The number of sulfonamides is 1. The Morgan fingerprint density at radius 3 is 2.42 bits per heavy atom. The smallest absolute Gasteiger partial charge is 0.219 e. The lowest BCUT2D eigenvalue weighted by molar-refractivity contribution is 0.284. The third-order valence-electron chi connectivity index (χ3n) is 4.34. The molecule has 0 atom stereocenters. The van der Waals surface area contributed by atoms with Crippen molar-refractivity contribution in [2.24, 2.45) is 0 Å². The van der Waals surface area contributed by atoms with Gasteiger partial charge in [-0.05, 0) is 18.4 Å². The van der Waals surface area contributed by atoms with Gasteiger partial charge in [-0.1, -0.05) is 44.2 Å². The lowest BCUT2D eigenvalue weighted by Crippen LogP contribution is -2.38. The predicted octanol–water partition coefficient (Wildman–Crippen LogP) is 2.90. The summed E-state index contributed by atoms with van der Waals surface area (Å²) in [4.78, 5) is 0. The lowest BCUT2D eigenvalue weighted by Gasteiger charge is -2.29. The van der Waals surface area contributed by atoms with Gasteiger partial charge in [0.25, 0.3) is 0 Å². The van der Waals surface area contributed by atoms with Gasteiger partial charge in [0.2, 0.25) is 21.8 Å². The van der Waals surface area contributed by atoms with Crippen LogP contribution < -0.4 is 0 Å². The highest BCUT2D eigenvalue weighted by molar-refractivity contribution is 7.88. The molecule has 1 aliphatic rings. The van der Waals surface area contributed by atoms with Crippen molar-refractivity contribution in [1.82, 2.24) is 14.5 Å². The van der Waals surface area contributed by atoms with Gasteiger partial charge in [0.1, 0.15) is 0 Å². The maximum absolute atomic E-state index is 12.6. The van der Waals surface area contributed by atoms with Gasteiger partial charge < -0.3 is 4.42 Å². The van der Waals surface area contributed by atoms with Crippen LogP contribution in [-0.4, -0.2) is 36.0 Å². The van der Waals surface area contributed by atoms with Gasteiger partial charge in [0.15, 0.2) is 0 Å². The first-order valence-corrected chi connectivity index (χ1v) is 9.91. The Morgan fingerprint density at radius 1 is 1.17 bits per heavy atom. The van der Waals surface area contributed by atoms with E-state index in [4.69, 9.17) is 4.42 Å². The van der Waals surface area contributed by atoms with E-state index in [0.29, 0.717) is 37.7 Å². The van der Waals surface area contributed by atoms with E-state index in [1.807, 2.05) is 44.2 Å². The quantitative estimate of drug-likeness (QED) is 0.829. The lowest BCUT2D eigenvalue weighted by atomic mass is 9.98. The van der Waals surface area contributed by atoms with E-state index in [1.54, 1.807) is 4.31 Å². The van der Waals surface area contributed by atoms with Crippen molar-refractivity contribution in [3.63, 3.8) is 0 Å². The van der Waals surface area contributed by atoms with Gasteiger partial charge in [-0.15, -0.1) is 10.2 Å². The highest BCUT2D eigenvalue weighted by atomic mass is 32.2. The molecule has 1 aromatic carbocycles. The molecule has 0 aliphatic carbocycles. The highest BCUT2D eigenvalue weighted by Crippen LogP contribution is 2.30.